The van der Waals surface area contributed by atoms with Crippen LogP contribution in [0.1, 0.15) is 24.8 Å². The zero-order chi connectivity index (χ0) is 10.2. The number of nitrogens with two attached hydrogens (primary N) is 1. The van der Waals surface area contributed by atoms with Gasteiger partial charge in [0.05, 0.1) is 0 Å². The Morgan fingerprint density at radius 3 is 2.64 bits per heavy atom. The molecule has 0 bridgehead atoms. The highest BCUT2D eigenvalue weighted by atomic mass is 35.5. The molecular weight excluding hydrogens is 198 g/mol. The SMILES string of the molecule is NCCC1(c2ccc(Cl)cc2O)CC1. The van der Waals surface area contributed by atoms with Gasteiger partial charge in [-0.05, 0) is 37.9 Å². The Morgan fingerprint density at radius 2 is 2.14 bits per heavy atom. The van der Waals surface area contributed by atoms with Gasteiger partial charge in [-0.3, -0.25) is 0 Å². The van der Waals surface area contributed by atoms with E-state index in [1.807, 2.05) is 12.1 Å². The molecule has 1 saturated carbocycles. The molecular formula is C11H14ClNO. The van der Waals surface area contributed by atoms with Crippen LogP contribution < -0.4 is 5.73 Å². The molecule has 3 heteroatoms. The molecule has 1 aromatic carbocycles. The molecule has 1 aliphatic rings. The van der Waals surface area contributed by atoms with Crippen LogP contribution in [0.3, 0.4) is 0 Å². The summed E-state index contributed by atoms with van der Waals surface area (Å²) < 4.78 is 0. The van der Waals surface area contributed by atoms with Gasteiger partial charge >= 0.3 is 0 Å². The number of phenols is 1. The molecule has 1 aliphatic carbocycles. The van der Waals surface area contributed by atoms with Crippen molar-refractivity contribution in [3.05, 3.63) is 28.8 Å². The molecule has 0 spiro atoms. The van der Waals surface area contributed by atoms with Crippen molar-refractivity contribution in [2.24, 2.45) is 5.73 Å². The van der Waals surface area contributed by atoms with E-state index in [4.69, 9.17) is 17.3 Å². The summed E-state index contributed by atoms with van der Waals surface area (Å²) in [7, 11) is 0. The average molecular weight is 212 g/mol. The Kier molecular flexibility index (Phi) is 2.41. The van der Waals surface area contributed by atoms with E-state index in [2.05, 4.69) is 0 Å². The molecule has 1 fully saturated rings. The minimum atomic E-state index is 0.142. The molecule has 2 nitrogen and oxygen atoms in total. The number of hydrogen-bond donors (Lipinski definition) is 2. The highest BCUT2D eigenvalue weighted by Crippen LogP contribution is 2.53. The van der Waals surface area contributed by atoms with E-state index in [1.165, 1.54) is 0 Å². The van der Waals surface area contributed by atoms with Crippen molar-refractivity contribution >= 4 is 11.6 Å². The van der Waals surface area contributed by atoms with Crippen LogP contribution in [-0.2, 0) is 5.41 Å². The van der Waals surface area contributed by atoms with Crippen molar-refractivity contribution in [3.63, 3.8) is 0 Å². The quantitative estimate of drug-likeness (QED) is 0.807. The van der Waals surface area contributed by atoms with Crippen molar-refractivity contribution in [2.45, 2.75) is 24.7 Å². The smallest absolute Gasteiger partial charge is 0.120 e. The highest BCUT2D eigenvalue weighted by Gasteiger charge is 2.44. The number of phenolic OH excluding ortho intramolecular Hbond substituents is 1. The number of hydrogen-bond acceptors (Lipinski definition) is 2. The number of aromatic hydroxyl groups is 1. The lowest BCUT2D eigenvalue weighted by atomic mass is 9.92. The first kappa shape index (κ1) is 9.81. The van der Waals surface area contributed by atoms with Crippen LogP contribution in [0.15, 0.2) is 18.2 Å². The fraction of sp³-hybridized carbons (Fsp3) is 0.455. The second-order valence-corrected chi connectivity index (χ2v) is 4.42. The van der Waals surface area contributed by atoms with E-state index in [0.29, 0.717) is 17.3 Å². The van der Waals surface area contributed by atoms with Gasteiger partial charge in [0.15, 0.2) is 0 Å². The number of benzene rings is 1. The summed E-state index contributed by atoms with van der Waals surface area (Å²) in [5.74, 6) is 0.309. The van der Waals surface area contributed by atoms with Crippen molar-refractivity contribution in [1.29, 1.82) is 0 Å². The summed E-state index contributed by atoms with van der Waals surface area (Å²) in [4.78, 5) is 0. The molecule has 3 N–H and O–H groups in total. The third-order valence-electron chi connectivity index (χ3n) is 3.01. The minimum Gasteiger partial charge on any atom is -0.508 e. The summed E-state index contributed by atoms with van der Waals surface area (Å²) in [5.41, 5.74) is 6.71. The third kappa shape index (κ3) is 1.60. The monoisotopic (exact) mass is 211 g/mol. The van der Waals surface area contributed by atoms with E-state index < -0.39 is 0 Å². The lowest BCUT2D eigenvalue weighted by Crippen LogP contribution is -2.13. The topological polar surface area (TPSA) is 46.2 Å². The third-order valence-corrected chi connectivity index (χ3v) is 3.24. The molecule has 14 heavy (non-hydrogen) atoms. The second-order valence-electron chi connectivity index (χ2n) is 3.98. The van der Waals surface area contributed by atoms with E-state index >= 15 is 0 Å². The predicted octanol–water partition coefficient (Wildman–Crippen LogP) is 2.43. The molecule has 0 radical (unpaired) electrons. The van der Waals surface area contributed by atoms with Gasteiger partial charge in [-0.15, -0.1) is 0 Å². The van der Waals surface area contributed by atoms with Crippen molar-refractivity contribution < 1.29 is 5.11 Å². The summed E-state index contributed by atoms with van der Waals surface area (Å²) in [6.45, 7) is 0.669. The maximum atomic E-state index is 9.77. The first-order valence-corrected chi connectivity index (χ1v) is 5.25. The van der Waals surface area contributed by atoms with Crippen molar-refractivity contribution in [3.8, 4) is 5.75 Å². The average Bonchev–Trinajstić information content (AvgIpc) is 2.86. The molecule has 0 atom stereocenters. The molecule has 76 valence electrons. The lowest BCUT2D eigenvalue weighted by Gasteiger charge is -2.15. The fourth-order valence-corrected chi connectivity index (χ4v) is 2.20. The van der Waals surface area contributed by atoms with Crippen molar-refractivity contribution in [1.82, 2.24) is 0 Å². The van der Waals surface area contributed by atoms with Gasteiger partial charge < -0.3 is 10.8 Å². The Balaban J connectivity index is 2.32. The summed E-state index contributed by atoms with van der Waals surface area (Å²) in [5, 5.41) is 10.3. The maximum absolute atomic E-state index is 9.77. The Bertz CT molecular complexity index is 347. The first-order chi connectivity index (χ1) is 6.68. The largest absolute Gasteiger partial charge is 0.508 e. The van der Waals surface area contributed by atoms with E-state index in [9.17, 15) is 5.11 Å². The zero-order valence-corrected chi connectivity index (χ0v) is 8.72. The van der Waals surface area contributed by atoms with Crippen LogP contribution in [0.25, 0.3) is 0 Å². The van der Waals surface area contributed by atoms with Gasteiger partial charge in [0.1, 0.15) is 5.75 Å². The lowest BCUT2D eigenvalue weighted by molar-refractivity contribution is 0.455. The van der Waals surface area contributed by atoms with Crippen LogP contribution in [0.5, 0.6) is 5.75 Å². The van der Waals surface area contributed by atoms with Crippen LogP contribution in [0, 0.1) is 0 Å². The Hall–Kier alpha value is -0.730. The van der Waals surface area contributed by atoms with Crippen LogP contribution in [-0.4, -0.2) is 11.7 Å². The molecule has 0 aromatic heterocycles. The normalized spacial score (nSPS) is 18.1. The zero-order valence-electron chi connectivity index (χ0n) is 7.96. The molecule has 0 saturated heterocycles. The summed E-state index contributed by atoms with van der Waals surface area (Å²) in [6.07, 6.45) is 3.20. The number of rotatable bonds is 3. The first-order valence-electron chi connectivity index (χ1n) is 4.87. The molecule has 0 amide bonds. The van der Waals surface area contributed by atoms with Crippen LogP contribution in [0.4, 0.5) is 0 Å². The predicted molar refractivity (Wildman–Crippen MR) is 57.7 cm³/mol. The molecule has 2 rings (SSSR count). The van der Waals surface area contributed by atoms with E-state index in [1.54, 1.807) is 6.07 Å². The van der Waals surface area contributed by atoms with Gasteiger partial charge in [-0.2, -0.15) is 0 Å². The van der Waals surface area contributed by atoms with Crippen LogP contribution in [0.2, 0.25) is 5.02 Å². The second kappa shape index (κ2) is 3.44. The fourth-order valence-electron chi connectivity index (χ4n) is 2.03. The minimum absolute atomic E-state index is 0.142. The van der Waals surface area contributed by atoms with Gasteiger partial charge in [-0.1, -0.05) is 17.7 Å². The van der Waals surface area contributed by atoms with Gasteiger partial charge in [0.2, 0.25) is 0 Å². The summed E-state index contributed by atoms with van der Waals surface area (Å²) >= 11 is 5.78. The highest BCUT2D eigenvalue weighted by molar-refractivity contribution is 6.30. The Morgan fingerprint density at radius 1 is 1.43 bits per heavy atom. The van der Waals surface area contributed by atoms with Gasteiger partial charge in [0, 0.05) is 16.0 Å². The van der Waals surface area contributed by atoms with E-state index in [0.717, 1.165) is 24.8 Å². The van der Waals surface area contributed by atoms with Crippen molar-refractivity contribution in [2.75, 3.05) is 6.54 Å². The maximum Gasteiger partial charge on any atom is 0.120 e. The molecule has 1 aromatic rings. The van der Waals surface area contributed by atoms with Gasteiger partial charge in [0.25, 0.3) is 0 Å². The molecule has 0 aliphatic heterocycles. The van der Waals surface area contributed by atoms with E-state index in [-0.39, 0.29) is 5.41 Å². The standard InChI is InChI=1S/C11H14ClNO/c12-8-1-2-9(10(14)7-8)11(3-4-11)5-6-13/h1-2,7,14H,3-6,13H2. The molecule has 0 heterocycles. The Labute approximate surface area is 88.7 Å². The summed E-state index contributed by atoms with van der Waals surface area (Å²) in [6, 6.07) is 5.35. The molecule has 0 unspecified atom stereocenters. The number of halogens is 1. The van der Waals surface area contributed by atoms with Gasteiger partial charge in [-0.25, -0.2) is 0 Å². The van der Waals surface area contributed by atoms with Crippen LogP contribution >= 0.6 is 11.6 Å².